The molecule has 0 bridgehead atoms. The van der Waals surface area contributed by atoms with Crippen LogP contribution in [0.2, 0.25) is 0 Å². The third-order valence-corrected chi connectivity index (χ3v) is 5.18. The molecule has 3 aromatic heterocycles. The minimum absolute atomic E-state index is 0. The Morgan fingerprint density at radius 3 is 2.66 bits per heavy atom. The molecule has 0 aliphatic rings. The van der Waals surface area contributed by atoms with Crippen LogP contribution in [-0.2, 0) is 19.9 Å². The largest absolute Gasteiger partial charge is 0.356 e. The van der Waals surface area contributed by atoms with Crippen molar-refractivity contribution in [3.63, 3.8) is 0 Å². The van der Waals surface area contributed by atoms with E-state index >= 15 is 0 Å². The predicted molar refractivity (Wildman–Crippen MR) is 129 cm³/mol. The normalized spacial score (nSPS) is 12.7. The highest BCUT2D eigenvalue weighted by Gasteiger charge is 2.14. The number of imidazole rings is 1. The van der Waals surface area contributed by atoms with Gasteiger partial charge in [-0.15, -0.1) is 24.0 Å². The molecule has 158 valence electrons. The van der Waals surface area contributed by atoms with Crippen LogP contribution < -0.4 is 10.6 Å². The number of hydrogen-bond acceptors (Lipinski definition) is 3. The van der Waals surface area contributed by atoms with Crippen LogP contribution in [0.5, 0.6) is 0 Å². The number of halogens is 1. The number of hydrogen-bond donors (Lipinski definition) is 2. The number of fused-ring (bicyclic) bond motifs is 1. The average molecular weight is 509 g/mol. The summed E-state index contributed by atoms with van der Waals surface area (Å²) in [6, 6.07) is 4.39. The number of aliphatic imine (C=N–C) groups is 1. The third kappa shape index (κ3) is 5.49. The molecule has 0 aliphatic heterocycles. The fraction of sp³-hybridized carbons (Fsp3) is 0.476. The van der Waals surface area contributed by atoms with Crippen LogP contribution in [0.25, 0.3) is 5.65 Å². The van der Waals surface area contributed by atoms with Gasteiger partial charge in [-0.25, -0.2) is 4.98 Å². The molecule has 0 fully saturated rings. The predicted octanol–water partition coefficient (Wildman–Crippen LogP) is 2.95. The monoisotopic (exact) mass is 509 g/mol. The van der Waals surface area contributed by atoms with Gasteiger partial charge in [0.25, 0.3) is 0 Å². The fourth-order valence-corrected chi connectivity index (χ4v) is 3.53. The lowest BCUT2D eigenvalue weighted by Gasteiger charge is -2.18. The van der Waals surface area contributed by atoms with Crippen LogP contribution in [-0.4, -0.2) is 44.8 Å². The van der Waals surface area contributed by atoms with Gasteiger partial charge in [0.05, 0.1) is 11.4 Å². The molecule has 1 unspecified atom stereocenters. The van der Waals surface area contributed by atoms with Gasteiger partial charge in [0.1, 0.15) is 5.65 Å². The van der Waals surface area contributed by atoms with Gasteiger partial charge in [0.15, 0.2) is 5.96 Å². The highest BCUT2D eigenvalue weighted by molar-refractivity contribution is 14.0. The summed E-state index contributed by atoms with van der Waals surface area (Å²) in [6.07, 6.45) is 5.89. The van der Waals surface area contributed by atoms with Gasteiger partial charge < -0.3 is 15.0 Å². The molecule has 8 heteroatoms. The summed E-state index contributed by atoms with van der Waals surface area (Å²) in [5.74, 6) is 0.812. The molecule has 3 rings (SSSR count). The van der Waals surface area contributed by atoms with E-state index in [1.807, 2.05) is 24.0 Å². The second-order valence-electron chi connectivity index (χ2n) is 7.43. The summed E-state index contributed by atoms with van der Waals surface area (Å²) >= 11 is 0. The Kier molecular flexibility index (Phi) is 8.06. The standard InChI is InChI=1S/C21H31N7.HI/c1-14-8-7-11-28-13-18(25-20(14)28)9-10-23-21(22-5)24-15(2)12-19-16(3)26-27(6)17(19)4;/h7-8,11,13,15H,9-10,12H2,1-6H3,(H2,22,23,24);1H. The second kappa shape index (κ2) is 10.1. The van der Waals surface area contributed by atoms with Crippen LogP contribution in [0.4, 0.5) is 0 Å². The molecule has 0 aliphatic carbocycles. The van der Waals surface area contributed by atoms with Gasteiger partial charge >= 0.3 is 0 Å². The van der Waals surface area contributed by atoms with E-state index in [1.54, 1.807) is 7.05 Å². The Balaban J connectivity index is 0.00000300. The lowest BCUT2D eigenvalue weighted by Crippen LogP contribution is -2.43. The summed E-state index contributed by atoms with van der Waals surface area (Å²) in [6.45, 7) is 9.22. The van der Waals surface area contributed by atoms with Gasteiger partial charge in [-0.3, -0.25) is 9.67 Å². The molecule has 3 heterocycles. The third-order valence-electron chi connectivity index (χ3n) is 5.18. The Hall–Kier alpha value is -2.10. The molecule has 2 N–H and O–H groups in total. The van der Waals surface area contributed by atoms with E-state index in [4.69, 9.17) is 4.98 Å². The number of rotatable bonds is 6. The summed E-state index contributed by atoms with van der Waals surface area (Å²) in [7, 11) is 3.79. The molecule has 0 saturated heterocycles. The van der Waals surface area contributed by atoms with Crippen LogP contribution in [0.1, 0.15) is 35.1 Å². The molecule has 3 aromatic rings. The Labute approximate surface area is 190 Å². The maximum absolute atomic E-state index is 4.73. The first-order valence-corrected chi connectivity index (χ1v) is 9.78. The first-order valence-electron chi connectivity index (χ1n) is 9.78. The highest BCUT2D eigenvalue weighted by Crippen LogP contribution is 2.14. The van der Waals surface area contributed by atoms with Crippen molar-refractivity contribution in [2.45, 2.75) is 46.6 Å². The van der Waals surface area contributed by atoms with Gasteiger partial charge in [-0.2, -0.15) is 5.10 Å². The van der Waals surface area contributed by atoms with Gasteiger partial charge in [0.2, 0.25) is 0 Å². The van der Waals surface area contributed by atoms with Gasteiger partial charge in [-0.05, 0) is 51.3 Å². The molecule has 0 saturated carbocycles. The van der Waals surface area contributed by atoms with Crippen LogP contribution in [0.3, 0.4) is 0 Å². The zero-order valence-electron chi connectivity index (χ0n) is 18.2. The Morgan fingerprint density at radius 2 is 2.03 bits per heavy atom. The number of aryl methyl sites for hydroxylation is 3. The SMILES string of the molecule is CN=C(NCCc1cn2cccc(C)c2n1)NC(C)Cc1c(C)nn(C)c1C.I. The molecule has 1 atom stereocenters. The first-order chi connectivity index (χ1) is 13.4. The van der Waals surface area contributed by atoms with Crippen LogP contribution in [0.15, 0.2) is 29.5 Å². The fourth-order valence-electron chi connectivity index (χ4n) is 3.53. The van der Waals surface area contributed by atoms with E-state index in [1.165, 1.54) is 16.8 Å². The molecular weight excluding hydrogens is 477 g/mol. The topological polar surface area (TPSA) is 71.5 Å². The molecule has 0 radical (unpaired) electrons. The minimum Gasteiger partial charge on any atom is -0.356 e. The lowest BCUT2D eigenvalue weighted by atomic mass is 10.1. The zero-order chi connectivity index (χ0) is 20.3. The Bertz CT molecular complexity index is 986. The zero-order valence-corrected chi connectivity index (χ0v) is 20.5. The van der Waals surface area contributed by atoms with E-state index in [-0.39, 0.29) is 30.0 Å². The lowest BCUT2D eigenvalue weighted by molar-refractivity contribution is 0.635. The number of pyridine rings is 1. The van der Waals surface area contributed by atoms with E-state index in [0.29, 0.717) is 0 Å². The van der Waals surface area contributed by atoms with Crippen molar-refractivity contribution < 1.29 is 0 Å². The Morgan fingerprint density at radius 1 is 1.28 bits per heavy atom. The summed E-state index contributed by atoms with van der Waals surface area (Å²) < 4.78 is 4.03. The number of guanidine groups is 1. The summed E-state index contributed by atoms with van der Waals surface area (Å²) in [5.41, 5.74) is 6.91. The number of nitrogens with one attached hydrogen (secondary N) is 2. The molecule has 0 aromatic carbocycles. The van der Waals surface area contributed by atoms with Crippen molar-refractivity contribution >= 4 is 35.6 Å². The van der Waals surface area contributed by atoms with E-state index < -0.39 is 0 Å². The maximum atomic E-state index is 4.73. The molecule has 0 amide bonds. The molecule has 29 heavy (non-hydrogen) atoms. The molecule has 0 spiro atoms. The van der Waals surface area contributed by atoms with Crippen LogP contribution >= 0.6 is 24.0 Å². The van der Waals surface area contributed by atoms with Crippen molar-refractivity contribution in [3.05, 3.63) is 52.7 Å². The van der Waals surface area contributed by atoms with Gasteiger partial charge in [-0.1, -0.05) is 6.07 Å². The minimum atomic E-state index is 0. The first kappa shape index (κ1) is 23.2. The summed E-state index contributed by atoms with van der Waals surface area (Å²) in [5, 5.41) is 11.4. The van der Waals surface area contributed by atoms with Crippen molar-refractivity contribution in [1.29, 1.82) is 0 Å². The van der Waals surface area contributed by atoms with Crippen LogP contribution in [0, 0.1) is 20.8 Å². The van der Waals surface area contributed by atoms with E-state index in [0.717, 1.165) is 42.4 Å². The molecular formula is C21H32IN7. The van der Waals surface area contributed by atoms with Crippen molar-refractivity contribution in [2.75, 3.05) is 13.6 Å². The molecule has 7 nitrogen and oxygen atoms in total. The van der Waals surface area contributed by atoms with Gasteiger partial charge in [0, 0.05) is 51.2 Å². The smallest absolute Gasteiger partial charge is 0.191 e. The maximum Gasteiger partial charge on any atom is 0.191 e. The van der Waals surface area contributed by atoms with Crippen molar-refractivity contribution in [2.24, 2.45) is 12.0 Å². The van der Waals surface area contributed by atoms with Crippen molar-refractivity contribution in [1.82, 2.24) is 29.8 Å². The van der Waals surface area contributed by atoms with Crippen molar-refractivity contribution in [3.8, 4) is 0 Å². The second-order valence-corrected chi connectivity index (χ2v) is 7.43. The summed E-state index contributed by atoms with van der Waals surface area (Å²) in [4.78, 5) is 9.08. The highest BCUT2D eigenvalue weighted by atomic mass is 127. The quantitative estimate of drug-likeness (QED) is 0.305. The number of aromatic nitrogens is 4. The van der Waals surface area contributed by atoms with E-state index in [2.05, 4.69) is 65.1 Å². The van der Waals surface area contributed by atoms with E-state index in [9.17, 15) is 0 Å². The number of nitrogens with zero attached hydrogens (tertiary/aromatic N) is 5. The average Bonchev–Trinajstić information content (AvgIpc) is 3.18.